The molecule has 1 aromatic rings. The second kappa shape index (κ2) is 3.83. The first-order valence-electron chi connectivity index (χ1n) is 5.27. The van der Waals surface area contributed by atoms with Crippen molar-refractivity contribution in [1.82, 2.24) is 0 Å². The third-order valence-corrected chi connectivity index (χ3v) is 3.89. The molecule has 1 aliphatic rings. The van der Waals surface area contributed by atoms with E-state index in [0.717, 1.165) is 17.8 Å². The van der Waals surface area contributed by atoms with Crippen molar-refractivity contribution in [3.63, 3.8) is 0 Å². The molecule has 0 N–H and O–H groups in total. The van der Waals surface area contributed by atoms with Crippen molar-refractivity contribution < 1.29 is 0 Å². The lowest BCUT2D eigenvalue weighted by molar-refractivity contribution is 0.269. The predicted octanol–water partition coefficient (Wildman–Crippen LogP) is 4.29. The molecule has 0 spiro atoms. The summed E-state index contributed by atoms with van der Waals surface area (Å²) in [6, 6.07) is 2.31. The van der Waals surface area contributed by atoms with E-state index in [4.69, 9.17) is 0 Å². The molecular formula is C12H18S. The largest absolute Gasteiger partial charge is 0.152 e. The minimum Gasteiger partial charge on any atom is -0.152 e. The van der Waals surface area contributed by atoms with Crippen molar-refractivity contribution in [2.75, 3.05) is 0 Å². The quantitative estimate of drug-likeness (QED) is 0.625. The maximum atomic E-state index is 2.40. The lowest BCUT2D eigenvalue weighted by atomic mass is 9.75. The van der Waals surface area contributed by atoms with Crippen molar-refractivity contribution in [2.45, 2.75) is 39.0 Å². The summed E-state index contributed by atoms with van der Waals surface area (Å²) in [6.45, 7) is 4.80. The van der Waals surface area contributed by atoms with Crippen molar-refractivity contribution in [3.05, 3.63) is 22.4 Å². The molecule has 1 aromatic heterocycles. The Balaban J connectivity index is 2.07. The Morgan fingerprint density at radius 3 is 2.38 bits per heavy atom. The van der Waals surface area contributed by atoms with Crippen molar-refractivity contribution in [1.29, 1.82) is 0 Å². The van der Waals surface area contributed by atoms with Gasteiger partial charge in [-0.1, -0.05) is 13.8 Å². The molecule has 1 saturated carbocycles. The van der Waals surface area contributed by atoms with E-state index in [2.05, 4.69) is 30.7 Å². The molecule has 0 aromatic carbocycles. The molecule has 1 heteroatoms. The molecule has 0 bridgehead atoms. The number of rotatable bonds is 1. The van der Waals surface area contributed by atoms with Gasteiger partial charge in [-0.15, -0.1) is 0 Å². The second-order valence-electron chi connectivity index (χ2n) is 4.67. The zero-order chi connectivity index (χ0) is 9.26. The smallest absolute Gasteiger partial charge is 0.00584 e. The van der Waals surface area contributed by atoms with Crippen molar-refractivity contribution >= 4 is 11.3 Å². The number of thiophene rings is 1. The molecular weight excluding hydrogens is 176 g/mol. The highest BCUT2D eigenvalue weighted by molar-refractivity contribution is 7.07. The molecule has 2 unspecified atom stereocenters. The molecule has 1 fully saturated rings. The fourth-order valence-electron chi connectivity index (χ4n) is 2.73. The van der Waals surface area contributed by atoms with E-state index in [9.17, 15) is 0 Å². The molecule has 1 heterocycles. The van der Waals surface area contributed by atoms with Crippen LogP contribution in [0.5, 0.6) is 0 Å². The average Bonchev–Trinajstić information content (AvgIpc) is 2.53. The maximum Gasteiger partial charge on any atom is -0.00584 e. The van der Waals surface area contributed by atoms with E-state index in [1.54, 1.807) is 5.56 Å². The van der Waals surface area contributed by atoms with E-state index < -0.39 is 0 Å². The van der Waals surface area contributed by atoms with Gasteiger partial charge in [0.1, 0.15) is 0 Å². The van der Waals surface area contributed by atoms with Crippen LogP contribution in [0.15, 0.2) is 16.8 Å². The minimum absolute atomic E-state index is 0.852. The van der Waals surface area contributed by atoms with Gasteiger partial charge in [0.05, 0.1) is 0 Å². The van der Waals surface area contributed by atoms with Crippen LogP contribution in [-0.4, -0.2) is 0 Å². The van der Waals surface area contributed by atoms with Crippen LogP contribution >= 0.6 is 11.3 Å². The highest BCUT2D eigenvalue weighted by atomic mass is 32.1. The predicted molar refractivity (Wildman–Crippen MR) is 59.2 cm³/mol. The highest BCUT2D eigenvalue weighted by Gasteiger charge is 2.24. The Morgan fingerprint density at radius 2 is 1.85 bits per heavy atom. The first-order chi connectivity index (χ1) is 6.25. The molecule has 0 nitrogen and oxygen atoms in total. The van der Waals surface area contributed by atoms with Gasteiger partial charge < -0.3 is 0 Å². The lowest BCUT2D eigenvalue weighted by Gasteiger charge is -2.31. The van der Waals surface area contributed by atoms with Gasteiger partial charge in [0, 0.05) is 0 Å². The molecule has 13 heavy (non-hydrogen) atoms. The summed E-state index contributed by atoms with van der Waals surface area (Å²) in [7, 11) is 0. The zero-order valence-corrected chi connectivity index (χ0v) is 9.31. The Hall–Kier alpha value is -0.300. The molecule has 0 aliphatic heterocycles. The topological polar surface area (TPSA) is 0 Å². The first kappa shape index (κ1) is 9.26. The Bertz CT molecular complexity index is 240. The SMILES string of the molecule is CC1CC(C)CC(c2ccsc2)C1. The summed E-state index contributed by atoms with van der Waals surface area (Å²) >= 11 is 1.84. The van der Waals surface area contributed by atoms with Crippen LogP contribution in [0.25, 0.3) is 0 Å². The standard InChI is InChI=1S/C12H18S/c1-9-5-10(2)7-12(6-9)11-3-4-13-8-11/h3-4,8-10,12H,5-7H2,1-2H3. The van der Waals surface area contributed by atoms with Crippen molar-refractivity contribution in [3.8, 4) is 0 Å². The van der Waals surface area contributed by atoms with Gasteiger partial charge in [0.25, 0.3) is 0 Å². The summed E-state index contributed by atoms with van der Waals surface area (Å²) in [6.07, 6.45) is 4.24. The fraction of sp³-hybridized carbons (Fsp3) is 0.667. The molecule has 1 aliphatic carbocycles. The molecule has 0 amide bonds. The van der Waals surface area contributed by atoms with Gasteiger partial charge in [0.15, 0.2) is 0 Å². The molecule has 0 saturated heterocycles. The van der Waals surface area contributed by atoms with Crippen LogP contribution < -0.4 is 0 Å². The Morgan fingerprint density at radius 1 is 1.15 bits per heavy atom. The van der Waals surface area contributed by atoms with Crippen LogP contribution in [0.1, 0.15) is 44.6 Å². The highest BCUT2D eigenvalue weighted by Crippen LogP contribution is 2.39. The van der Waals surface area contributed by atoms with Crippen LogP contribution in [0.2, 0.25) is 0 Å². The summed E-state index contributed by atoms with van der Waals surface area (Å²) in [5.74, 6) is 2.70. The van der Waals surface area contributed by atoms with Gasteiger partial charge >= 0.3 is 0 Å². The third kappa shape index (κ3) is 2.14. The van der Waals surface area contributed by atoms with E-state index in [1.165, 1.54) is 19.3 Å². The van der Waals surface area contributed by atoms with Crippen molar-refractivity contribution in [2.24, 2.45) is 11.8 Å². The Kier molecular flexibility index (Phi) is 2.73. The third-order valence-electron chi connectivity index (χ3n) is 3.19. The van der Waals surface area contributed by atoms with Gasteiger partial charge in [-0.25, -0.2) is 0 Å². The second-order valence-corrected chi connectivity index (χ2v) is 5.45. The summed E-state index contributed by atoms with van der Waals surface area (Å²) < 4.78 is 0. The zero-order valence-electron chi connectivity index (χ0n) is 8.49. The normalized spacial score (nSPS) is 34.8. The summed E-state index contributed by atoms with van der Waals surface area (Å²) in [4.78, 5) is 0. The van der Waals surface area contributed by atoms with Gasteiger partial charge in [-0.05, 0) is 59.4 Å². The van der Waals surface area contributed by atoms with E-state index in [0.29, 0.717) is 0 Å². The fourth-order valence-corrected chi connectivity index (χ4v) is 3.47. The minimum atomic E-state index is 0.852. The van der Waals surface area contributed by atoms with Crippen LogP contribution in [0.4, 0.5) is 0 Å². The average molecular weight is 194 g/mol. The van der Waals surface area contributed by atoms with Crippen LogP contribution in [0, 0.1) is 11.8 Å². The van der Waals surface area contributed by atoms with Crippen LogP contribution in [-0.2, 0) is 0 Å². The van der Waals surface area contributed by atoms with E-state index in [-0.39, 0.29) is 0 Å². The molecule has 2 atom stereocenters. The van der Waals surface area contributed by atoms with Gasteiger partial charge in [-0.2, -0.15) is 11.3 Å². The molecule has 2 rings (SSSR count). The number of hydrogen-bond donors (Lipinski definition) is 0. The van der Waals surface area contributed by atoms with E-state index >= 15 is 0 Å². The number of hydrogen-bond acceptors (Lipinski definition) is 1. The van der Waals surface area contributed by atoms with Gasteiger partial charge in [0.2, 0.25) is 0 Å². The molecule has 72 valence electrons. The summed E-state index contributed by atoms with van der Waals surface area (Å²) in [5, 5.41) is 4.54. The monoisotopic (exact) mass is 194 g/mol. The Labute approximate surface area is 85.0 Å². The first-order valence-corrected chi connectivity index (χ1v) is 6.22. The summed E-state index contributed by atoms with van der Waals surface area (Å²) in [5.41, 5.74) is 1.59. The van der Waals surface area contributed by atoms with Gasteiger partial charge in [-0.3, -0.25) is 0 Å². The maximum absolute atomic E-state index is 2.40. The van der Waals surface area contributed by atoms with E-state index in [1.807, 2.05) is 11.3 Å². The van der Waals surface area contributed by atoms with Crippen LogP contribution in [0.3, 0.4) is 0 Å². The molecule has 0 radical (unpaired) electrons. The lowest BCUT2D eigenvalue weighted by Crippen LogP contribution is -2.17.